The summed E-state index contributed by atoms with van der Waals surface area (Å²) >= 11 is 0. The quantitative estimate of drug-likeness (QED) is 0.881. The monoisotopic (exact) mass is 302 g/mol. The minimum absolute atomic E-state index is 0.0812. The molecule has 0 aliphatic carbocycles. The summed E-state index contributed by atoms with van der Waals surface area (Å²) < 4.78 is 1.34. The second-order valence-electron chi connectivity index (χ2n) is 5.30. The minimum atomic E-state index is -1.14. The molecular weight excluding hydrogens is 284 g/mol. The average molecular weight is 302 g/mol. The van der Waals surface area contributed by atoms with Crippen LogP contribution in [0.4, 0.5) is 5.69 Å². The standard InChI is InChI=1S/C15H18N4O3/c1-9(2)14-13(15(21)22)17-18-19(14)8-12(20)16-11-7-5-4-6-10(11)3/h4-7,9H,8H2,1-3H3,(H,16,20)(H,21,22). The number of carboxylic acid groups (broad SMARTS) is 1. The topological polar surface area (TPSA) is 97.1 Å². The Bertz CT molecular complexity index is 707. The lowest BCUT2D eigenvalue weighted by atomic mass is 10.1. The normalized spacial score (nSPS) is 10.7. The van der Waals surface area contributed by atoms with Gasteiger partial charge in [-0.3, -0.25) is 4.79 Å². The van der Waals surface area contributed by atoms with Crippen molar-refractivity contribution in [1.82, 2.24) is 15.0 Å². The van der Waals surface area contributed by atoms with Crippen LogP contribution < -0.4 is 5.32 Å². The van der Waals surface area contributed by atoms with Crippen molar-refractivity contribution in [2.45, 2.75) is 33.2 Å². The number of amides is 1. The number of carbonyl (C=O) groups excluding carboxylic acids is 1. The van der Waals surface area contributed by atoms with E-state index in [-0.39, 0.29) is 24.1 Å². The van der Waals surface area contributed by atoms with Gasteiger partial charge in [0.15, 0.2) is 5.69 Å². The molecule has 1 heterocycles. The number of hydrogen-bond acceptors (Lipinski definition) is 4. The van der Waals surface area contributed by atoms with Crippen LogP contribution in [-0.4, -0.2) is 32.0 Å². The highest BCUT2D eigenvalue weighted by atomic mass is 16.4. The third-order valence-electron chi connectivity index (χ3n) is 3.24. The molecule has 116 valence electrons. The van der Waals surface area contributed by atoms with E-state index in [1.165, 1.54) is 4.68 Å². The van der Waals surface area contributed by atoms with Gasteiger partial charge in [0.05, 0.1) is 5.69 Å². The minimum Gasteiger partial charge on any atom is -0.476 e. The molecule has 2 rings (SSSR count). The van der Waals surface area contributed by atoms with Crippen molar-refractivity contribution >= 4 is 17.6 Å². The molecule has 1 amide bonds. The molecule has 0 bridgehead atoms. The molecule has 0 spiro atoms. The molecule has 22 heavy (non-hydrogen) atoms. The van der Waals surface area contributed by atoms with Crippen LogP contribution in [0.1, 0.15) is 41.5 Å². The number of nitrogens with zero attached hydrogens (tertiary/aromatic N) is 3. The number of rotatable bonds is 5. The van der Waals surface area contributed by atoms with E-state index in [1.54, 1.807) is 6.07 Å². The highest BCUT2D eigenvalue weighted by Gasteiger charge is 2.22. The van der Waals surface area contributed by atoms with E-state index >= 15 is 0 Å². The summed E-state index contributed by atoms with van der Waals surface area (Å²) in [6.07, 6.45) is 0. The van der Waals surface area contributed by atoms with Gasteiger partial charge in [0.25, 0.3) is 0 Å². The number of carbonyl (C=O) groups is 2. The number of hydrogen-bond donors (Lipinski definition) is 2. The molecule has 2 N–H and O–H groups in total. The third kappa shape index (κ3) is 3.30. The van der Waals surface area contributed by atoms with E-state index in [9.17, 15) is 9.59 Å². The number of carboxylic acids is 1. The van der Waals surface area contributed by atoms with E-state index < -0.39 is 5.97 Å². The number of nitrogens with one attached hydrogen (secondary N) is 1. The SMILES string of the molecule is Cc1ccccc1NC(=O)Cn1nnc(C(=O)O)c1C(C)C. The van der Waals surface area contributed by atoms with Crippen LogP contribution in [0.2, 0.25) is 0 Å². The number of para-hydroxylation sites is 1. The first-order valence-corrected chi connectivity index (χ1v) is 6.92. The maximum absolute atomic E-state index is 12.1. The summed E-state index contributed by atoms with van der Waals surface area (Å²) in [7, 11) is 0. The molecule has 0 aliphatic rings. The van der Waals surface area contributed by atoms with Crippen molar-refractivity contribution in [2.75, 3.05) is 5.32 Å². The van der Waals surface area contributed by atoms with Crippen molar-refractivity contribution in [3.63, 3.8) is 0 Å². The number of anilines is 1. The van der Waals surface area contributed by atoms with E-state index in [1.807, 2.05) is 39.0 Å². The Hall–Kier alpha value is -2.70. The predicted molar refractivity (Wildman–Crippen MR) is 80.9 cm³/mol. The maximum Gasteiger partial charge on any atom is 0.358 e. The molecule has 0 fully saturated rings. The summed E-state index contributed by atoms with van der Waals surface area (Å²) in [5.74, 6) is -1.53. The third-order valence-corrected chi connectivity index (χ3v) is 3.24. The van der Waals surface area contributed by atoms with E-state index in [4.69, 9.17) is 5.11 Å². The van der Waals surface area contributed by atoms with Gasteiger partial charge >= 0.3 is 5.97 Å². The Morgan fingerprint density at radius 1 is 1.32 bits per heavy atom. The molecule has 0 saturated carbocycles. The van der Waals surface area contributed by atoms with Crippen LogP contribution >= 0.6 is 0 Å². The number of aryl methyl sites for hydroxylation is 1. The highest BCUT2D eigenvalue weighted by molar-refractivity contribution is 5.91. The zero-order valence-electron chi connectivity index (χ0n) is 12.7. The molecule has 7 nitrogen and oxygen atoms in total. The van der Waals surface area contributed by atoms with Crippen molar-refractivity contribution in [3.05, 3.63) is 41.2 Å². The van der Waals surface area contributed by atoms with Gasteiger partial charge in [0.1, 0.15) is 6.54 Å². The van der Waals surface area contributed by atoms with Crippen LogP contribution in [0.25, 0.3) is 0 Å². The van der Waals surface area contributed by atoms with E-state index in [0.717, 1.165) is 11.3 Å². The summed E-state index contributed by atoms with van der Waals surface area (Å²) in [5.41, 5.74) is 1.99. The second kappa shape index (κ2) is 6.38. The zero-order chi connectivity index (χ0) is 16.3. The Kier molecular flexibility index (Phi) is 4.55. The van der Waals surface area contributed by atoms with Crippen molar-refractivity contribution in [3.8, 4) is 0 Å². The Balaban J connectivity index is 2.19. The number of aromatic carboxylic acids is 1. The Labute approximate surface area is 128 Å². The van der Waals surface area contributed by atoms with Gasteiger partial charge in [-0.2, -0.15) is 0 Å². The summed E-state index contributed by atoms with van der Waals surface area (Å²) in [5, 5.41) is 19.3. The fraction of sp³-hybridized carbons (Fsp3) is 0.333. The first-order chi connectivity index (χ1) is 10.4. The Morgan fingerprint density at radius 3 is 2.59 bits per heavy atom. The average Bonchev–Trinajstić information content (AvgIpc) is 2.85. The number of benzene rings is 1. The van der Waals surface area contributed by atoms with Crippen LogP contribution in [-0.2, 0) is 11.3 Å². The van der Waals surface area contributed by atoms with Gasteiger partial charge in [0.2, 0.25) is 5.91 Å². The fourth-order valence-corrected chi connectivity index (χ4v) is 2.20. The van der Waals surface area contributed by atoms with Gasteiger partial charge in [-0.05, 0) is 24.5 Å². The smallest absolute Gasteiger partial charge is 0.358 e. The first kappa shape index (κ1) is 15.7. The lowest BCUT2D eigenvalue weighted by Gasteiger charge is -2.11. The molecule has 0 radical (unpaired) electrons. The predicted octanol–water partition coefficient (Wildman–Crippen LogP) is 2.05. The lowest BCUT2D eigenvalue weighted by Crippen LogP contribution is -2.22. The van der Waals surface area contributed by atoms with Gasteiger partial charge in [-0.1, -0.05) is 37.3 Å². The zero-order valence-corrected chi connectivity index (χ0v) is 12.7. The molecule has 1 aromatic carbocycles. The van der Waals surface area contributed by atoms with Crippen molar-refractivity contribution < 1.29 is 14.7 Å². The molecule has 2 aromatic rings. The van der Waals surface area contributed by atoms with Crippen LogP contribution in [0.3, 0.4) is 0 Å². The van der Waals surface area contributed by atoms with E-state index in [2.05, 4.69) is 15.6 Å². The lowest BCUT2D eigenvalue weighted by molar-refractivity contribution is -0.117. The van der Waals surface area contributed by atoms with Crippen LogP contribution in [0.5, 0.6) is 0 Å². The highest BCUT2D eigenvalue weighted by Crippen LogP contribution is 2.18. The van der Waals surface area contributed by atoms with E-state index in [0.29, 0.717) is 5.69 Å². The number of aromatic nitrogens is 3. The Morgan fingerprint density at radius 2 is 2.00 bits per heavy atom. The second-order valence-corrected chi connectivity index (χ2v) is 5.30. The fourth-order valence-electron chi connectivity index (χ4n) is 2.20. The summed E-state index contributed by atoms with van der Waals surface area (Å²) in [6, 6.07) is 7.42. The van der Waals surface area contributed by atoms with Gasteiger partial charge < -0.3 is 10.4 Å². The molecular formula is C15H18N4O3. The van der Waals surface area contributed by atoms with Crippen LogP contribution in [0, 0.1) is 6.92 Å². The molecule has 0 aliphatic heterocycles. The summed E-state index contributed by atoms with van der Waals surface area (Å²) in [4.78, 5) is 23.3. The van der Waals surface area contributed by atoms with Crippen LogP contribution in [0.15, 0.2) is 24.3 Å². The maximum atomic E-state index is 12.1. The molecule has 0 saturated heterocycles. The van der Waals surface area contributed by atoms with Crippen molar-refractivity contribution in [2.24, 2.45) is 0 Å². The largest absolute Gasteiger partial charge is 0.476 e. The van der Waals surface area contributed by atoms with Gasteiger partial charge in [-0.15, -0.1) is 5.10 Å². The molecule has 0 atom stereocenters. The van der Waals surface area contributed by atoms with Crippen molar-refractivity contribution in [1.29, 1.82) is 0 Å². The first-order valence-electron chi connectivity index (χ1n) is 6.92. The summed E-state index contributed by atoms with van der Waals surface area (Å²) in [6.45, 7) is 5.48. The van der Waals surface area contributed by atoms with Gasteiger partial charge in [-0.25, -0.2) is 9.48 Å². The molecule has 0 unspecified atom stereocenters. The molecule has 1 aromatic heterocycles. The van der Waals surface area contributed by atoms with Gasteiger partial charge in [0, 0.05) is 5.69 Å². The molecule has 7 heteroatoms.